The molecule has 1 atom stereocenters. The number of esters is 1. The van der Waals surface area contributed by atoms with Gasteiger partial charge in [-0.05, 0) is 12.0 Å². The summed E-state index contributed by atoms with van der Waals surface area (Å²) in [5.74, 6) is 0.0336. The van der Waals surface area contributed by atoms with E-state index in [1.807, 2.05) is 0 Å². The van der Waals surface area contributed by atoms with Crippen LogP contribution in [0, 0.1) is 5.92 Å². The molecule has 0 aromatic carbocycles. The molecule has 0 aliphatic heterocycles. The van der Waals surface area contributed by atoms with Crippen molar-refractivity contribution < 1.29 is 19.1 Å². The molecule has 108 valence electrons. The average molecular weight is 269 g/mol. The summed E-state index contributed by atoms with van der Waals surface area (Å²) in [6.07, 6.45) is 3.00. The maximum absolute atomic E-state index is 11.4. The number of hydrogen-bond donors (Lipinski definition) is 2. The van der Waals surface area contributed by atoms with Crippen molar-refractivity contribution in [3.05, 3.63) is 23.7 Å². The standard InChI is InChI=1S/C14H23NO4/c1-4-10(5-2)12(16)9-15-8-11-6-7-19-13(11)14(17)18-3/h6-7,10,12,15-16H,4-5,8-9H2,1-3H3. The fraction of sp³-hybridized carbons (Fsp3) is 0.643. The molecule has 1 heterocycles. The summed E-state index contributed by atoms with van der Waals surface area (Å²) < 4.78 is 9.71. The van der Waals surface area contributed by atoms with E-state index in [0.717, 1.165) is 18.4 Å². The summed E-state index contributed by atoms with van der Waals surface area (Å²) in [4.78, 5) is 11.4. The Morgan fingerprint density at radius 2 is 2.16 bits per heavy atom. The number of hydrogen-bond acceptors (Lipinski definition) is 5. The van der Waals surface area contributed by atoms with Gasteiger partial charge in [-0.25, -0.2) is 4.79 Å². The number of methoxy groups -OCH3 is 1. The lowest BCUT2D eigenvalue weighted by Crippen LogP contribution is -2.32. The minimum atomic E-state index is -0.484. The molecule has 0 aliphatic rings. The van der Waals surface area contributed by atoms with E-state index >= 15 is 0 Å². The van der Waals surface area contributed by atoms with Crippen molar-refractivity contribution in [2.24, 2.45) is 5.92 Å². The molecule has 0 saturated heterocycles. The Kier molecular flexibility index (Phi) is 6.59. The van der Waals surface area contributed by atoms with Crippen molar-refractivity contribution in [3.8, 4) is 0 Å². The van der Waals surface area contributed by atoms with E-state index < -0.39 is 5.97 Å². The highest BCUT2D eigenvalue weighted by molar-refractivity contribution is 5.87. The molecule has 0 saturated carbocycles. The van der Waals surface area contributed by atoms with Crippen LogP contribution in [0.1, 0.15) is 42.8 Å². The summed E-state index contributed by atoms with van der Waals surface area (Å²) >= 11 is 0. The molecule has 5 heteroatoms. The molecular formula is C14H23NO4. The molecule has 1 aromatic rings. The maximum atomic E-state index is 11.4. The van der Waals surface area contributed by atoms with Crippen LogP contribution in [0.2, 0.25) is 0 Å². The van der Waals surface area contributed by atoms with Gasteiger partial charge in [-0.3, -0.25) is 0 Å². The zero-order valence-corrected chi connectivity index (χ0v) is 11.8. The van der Waals surface area contributed by atoms with Gasteiger partial charge in [-0.1, -0.05) is 26.7 Å². The fourth-order valence-corrected chi connectivity index (χ4v) is 2.10. The number of aliphatic hydroxyl groups excluding tert-OH is 1. The van der Waals surface area contributed by atoms with Gasteiger partial charge in [0.2, 0.25) is 5.76 Å². The predicted octanol–water partition coefficient (Wildman–Crippen LogP) is 1.95. The third kappa shape index (κ3) is 4.36. The Hall–Kier alpha value is -1.33. The Bertz CT molecular complexity index is 385. The lowest BCUT2D eigenvalue weighted by Gasteiger charge is -2.20. The molecule has 0 amide bonds. The van der Waals surface area contributed by atoms with Gasteiger partial charge in [-0.2, -0.15) is 0 Å². The van der Waals surface area contributed by atoms with Crippen molar-refractivity contribution in [3.63, 3.8) is 0 Å². The van der Waals surface area contributed by atoms with E-state index in [-0.39, 0.29) is 11.9 Å². The molecule has 0 bridgehead atoms. The van der Waals surface area contributed by atoms with Crippen LogP contribution in [0.5, 0.6) is 0 Å². The lowest BCUT2D eigenvalue weighted by atomic mass is 9.96. The molecule has 0 fully saturated rings. The third-order valence-corrected chi connectivity index (χ3v) is 3.38. The minimum Gasteiger partial charge on any atom is -0.463 e. The summed E-state index contributed by atoms with van der Waals surface area (Å²) in [7, 11) is 1.32. The van der Waals surface area contributed by atoms with Crippen LogP contribution in [-0.4, -0.2) is 30.8 Å². The van der Waals surface area contributed by atoms with Crippen molar-refractivity contribution in [1.29, 1.82) is 0 Å². The van der Waals surface area contributed by atoms with E-state index in [1.54, 1.807) is 6.07 Å². The first-order chi connectivity index (χ1) is 9.13. The van der Waals surface area contributed by atoms with E-state index in [9.17, 15) is 9.90 Å². The van der Waals surface area contributed by atoms with E-state index in [2.05, 4.69) is 23.9 Å². The van der Waals surface area contributed by atoms with Crippen molar-refractivity contribution in [1.82, 2.24) is 5.32 Å². The number of nitrogens with one attached hydrogen (secondary N) is 1. The lowest BCUT2D eigenvalue weighted by molar-refractivity contribution is 0.0563. The SMILES string of the molecule is CCC(CC)C(O)CNCc1ccoc1C(=O)OC. The van der Waals surface area contributed by atoms with Crippen LogP contribution in [0.25, 0.3) is 0 Å². The topological polar surface area (TPSA) is 71.7 Å². The molecular weight excluding hydrogens is 246 g/mol. The normalized spacial score (nSPS) is 12.7. The van der Waals surface area contributed by atoms with Crippen molar-refractivity contribution >= 4 is 5.97 Å². The molecule has 1 aromatic heterocycles. The first-order valence-electron chi connectivity index (χ1n) is 6.67. The first-order valence-corrected chi connectivity index (χ1v) is 6.67. The van der Waals surface area contributed by atoms with Crippen LogP contribution >= 0.6 is 0 Å². The monoisotopic (exact) mass is 269 g/mol. The number of carbonyl (C=O) groups excluding carboxylic acids is 1. The second-order valence-corrected chi connectivity index (χ2v) is 4.54. The van der Waals surface area contributed by atoms with E-state index in [4.69, 9.17) is 4.42 Å². The summed E-state index contributed by atoms with van der Waals surface area (Å²) in [6.45, 7) is 5.11. The van der Waals surface area contributed by atoms with E-state index in [0.29, 0.717) is 19.0 Å². The highest BCUT2D eigenvalue weighted by Gasteiger charge is 2.17. The number of carbonyl (C=O) groups is 1. The molecule has 2 N–H and O–H groups in total. The van der Waals surface area contributed by atoms with Crippen LogP contribution < -0.4 is 5.32 Å². The van der Waals surface area contributed by atoms with Gasteiger partial charge in [0.25, 0.3) is 0 Å². The van der Waals surface area contributed by atoms with Crippen molar-refractivity contribution in [2.75, 3.05) is 13.7 Å². The van der Waals surface area contributed by atoms with E-state index in [1.165, 1.54) is 13.4 Å². The summed E-state index contributed by atoms with van der Waals surface area (Å²) in [5.41, 5.74) is 0.739. The number of furan rings is 1. The zero-order chi connectivity index (χ0) is 14.3. The van der Waals surface area contributed by atoms with Gasteiger partial charge in [0.15, 0.2) is 0 Å². The molecule has 0 radical (unpaired) electrons. The van der Waals surface area contributed by atoms with Gasteiger partial charge in [-0.15, -0.1) is 0 Å². The molecule has 0 spiro atoms. The minimum absolute atomic E-state index is 0.215. The Morgan fingerprint density at radius 1 is 1.47 bits per heavy atom. The van der Waals surface area contributed by atoms with Crippen LogP contribution in [0.4, 0.5) is 0 Å². The highest BCUT2D eigenvalue weighted by Crippen LogP contribution is 2.14. The average Bonchev–Trinajstić information content (AvgIpc) is 2.87. The van der Waals surface area contributed by atoms with Gasteiger partial charge in [0.1, 0.15) is 0 Å². The molecule has 19 heavy (non-hydrogen) atoms. The summed E-state index contributed by atoms with van der Waals surface area (Å²) in [5, 5.41) is 13.1. The number of ether oxygens (including phenoxy) is 1. The predicted molar refractivity (Wildman–Crippen MR) is 71.8 cm³/mol. The molecule has 0 aliphatic carbocycles. The smallest absolute Gasteiger partial charge is 0.374 e. The quantitative estimate of drug-likeness (QED) is 0.706. The second-order valence-electron chi connectivity index (χ2n) is 4.54. The second kappa shape index (κ2) is 7.96. The molecule has 1 unspecified atom stereocenters. The molecule has 5 nitrogen and oxygen atoms in total. The largest absolute Gasteiger partial charge is 0.463 e. The Balaban J connectivity index is 2.45. The van der Waals surface area contributed by atoms with Gasteiger partial charge in [0, 0.05) is 18.7 Å². The van der Waals surface area contributed by atoms with Crippen LogP contribution in [0.15, 0.2) is 16.7 Å². The Labute approximate surface area is 113 Å². The summed E-state index contributed by atoms with van der Waals surface area (Å²) in [6, 6.07) is 1.72. The Morgan fingerprint density at radius 3 is 2.74 bits per heavy atom. The van der Waals surface area contributed by atoms with Crippen LogP contribution in [-0.2, 0) is 11.3 Å². The highest BCUT2D eigenvalue weighted by atomic mass is 16.5. The maximum Gasteiger partial charge on any atom is 0.374 e. The van der Waals surface area contributed by atoms with Crippen molar-refractivity contribution in [2.45, 2.75) is 39.3 Å². The van der Waals surface area contributed by atoms with Gasteiger partial charge < -0.3 is 19.6 Å². The number of aliphatic hydroxyl groups is 1. The van der Waals surface area contributed by atoms with Crippen LogP contribution in [0.3, 0.4) is 0 Å². The number of rotatable bonds is 8. The first kappa shape index (κ1) is 15.7. The van der Waals surface area contributed by atoms with Gasteiger partial charge in [0.05, 0.1) is 19.5 Å². The third-order valence-electron chi connectivity index (χ3n) is 3.38. The van der Waals surface area contributed by atoms with Gasteiger partial charge >= 0.3 is 5.97 Å². The zero-order valence-electron chi connectivity index (χ0n) is 11.8. The molecule has 1 rings (SSSR count). The fourth-order valence-electron chi connectivity index (χ4n) is 2.10.